The van der Waals surface area contributed by atoms with Gasteiger partial charge in [-0.3, -0.25) is 0 Å². The molecule has 0 aromatic heterocycles. The second-order valence-electron chi connectivity index (χ2n) is 5.48. The molecule has 2 rings (SSSR count). The van der Waals surface area contributed by atoms with Crippen molar-refractivity contribution in [1.29, 1.82) is 0 Å². The highest BCUT2D eigenvalue weighted by molar-refractivity contribution is 5.41. The molecule has 0 fully saturated rings. The summed E-state index contributed by atoms with van der Waals surface area (Å²) in [5.41, 5.74) is 8.63. The van der Waals surface area contributed by atoms with Gasteiger partial charge in [0.2, 0.25) is 0 Å². The third-order valence-corrected chi connectivity index (χ3v) is 3.21. The fourth-order valence-corrected chi connectivity index (χ4v) is 1.96. The molecule has 0 unspecified atom stereocenters. The first-order valence-corrected chi connectivity index (χ1v) is 7.50. The number of nitrogens with one attached hydrogen (secondary N) is 2. The minimum atomic E-state index is 0.662. The third-order valence-electron chi connectivity index (χ3n) is 3.21. The highest BCUT2D eigenvalue weighted by Crippen LogP contribution is 2.18. The fraction of sp³-hybridized carbons (Fsp3) is 0.333. The lowest BCUT2D eigenvalue weighted by atomic mass is 10.1. The van der Waals surface area contributed by atoms with Crippen molar-refractivity contribution in [2.75, 3.05) is 12.0 Å². The molecule has 112 valence electrons. The molecule has 0 saturated carbocycles. The van der Waals surface area contributed by atoms with Crippen LogP contribution in [0.5, 0.6) is 5.75 Å². The summed E-state index contributed by atoms with van der Waals surface area (Å²) in [6.45, 7) is 5.90. The maximum Gasteiger partial charge on any atom is 0.123 e. The van der Waals surface area contributed by atoms with Crippen LogP contribution in [0.4, 0.5) is 5.69 Å². The summed E-state index contributed by atoms with van der Waals surface area (Å²) in [6.07, 6.45) is 1.07. The van der Waals surface area contributed by atoms with E-state index in [-0.39, 0.29) is 0 Å². The number of anilines is 1. The SMILES string of the molecule is CC(C)CCOc1ccccc1CNNc1ccccc1. The van der Waals surface area contributed by atoms with Gasteiger partial charge in [0, 0.05) is 17.8 Å². The van der Waals surface area contributed by atoms with E-state index < -0.39 is 0 Å². The van der Waals surface area contributed by atoms with Crippen molar-refractivity contribution in [3.8, 4) is 5.75 Å². The minimum Gasteiger partial charge on any atom is -0.493 e. The van der Waals surface area contributed by atoms with Gasteiger partial charge in [-0.15, -0.1) is 0 Å². The van der Waals surface area contributed by atoms with Gasteiger partial charge < -0.3 is 10.2 Å². The lowest BCUT2D eigenvalue weighted by Gasteiger charge is -2.14. The first-order valence-electron chi connectivity index (χ1n) is 7.50. The number of hydrazine groups is 1. The van der Waals surface area contributed by atoms with Gasteiger partial charge in [-0.05, 0) is 30.5 Å². The zero-order chi connectivity index (χ0) is 14.9. The topological polar surface area (TPSA) is 33.3 Å². The summed E-state index contributed by atoms with van der Waals surface area (Å²) in [4.78, 5) is 0. The smallest absolute Gasteiger partial charge is 0.123 e. The highest BCUT2D eigenvalue weighted by Gasteiger charge is 2.03. The quantitative estimate of drug-likeness (QED) is 0.712. The molecule has 0 amide bonds. The van der Waals surface area contributed by atoms with E-state index in [0.717, 1.165) is 30.0 Å². The van der Waals surface area contributed by atoms with E-state index >= 15 is 0 Å². The monoisotopic (exact) mass is 284 g/mol. The highest BCUT2D eigenvalue weighted by atomic mass is 16.5. The Morgan fingerprint density at radius 1 is 0.952 bits per heavy atom. The zero-order valence-electron chi connectivity index (χ0n) is 12.8. The third kappa shape index (κ3) is 5.48. The molecule has 0 aliphatic heterocycles. The normalized spacial score (nSPS) is 10.6. The van der Waals surface area contributed by atoms with Gasteiger partial charge in [-0.1, -0.05) is 50.2 Å². The van der Waals surface area contributed by atoms with E-state index in [1.54, 1.807) is 0 Å². The molecule has 0 aliphatic rings. The average Bonchev–Trinajstić information content (AvgIpc) is 2.49. The molecule has 0 bridgehead atoms. The van der Waals surface area contributed by atoms with Crippen molar-refractivity contribution in [2.24, 2.45) is 5.92 Å². The molecule has 0 atom stereocenters. The number of rotatable bonds is 8. The molecular weight excluding hydrogens is 260 g/mol. The maximum atomic E-state index is 5.88. The van der Waals surface area contributed by atoms with Crippen LogP contribution in [0, 0.1) is 5.92 Å². The summed E-state index contributed by atoms with van der Waals surface area (Å²) in [5, 5.41) is 0. The number of hydrogen-bond donors (Lipinski definition) is 2. The van der Waals surface area contributed by atoms with Crippen LogP contribution in [0.2, 0.25) is 0 Å². The first-order chi connectivity index (χ1) is 10.3. The molecule has 0 saturated heterocycles. The number of ether oxygens (including phenoxy) is 1. The molecule has 0 heterocycles. The van der Waals surface area contributed by atoms with E-state index in [0.29, 0.717) is 12.5 Å². The van der Waals surface area contributed by atoms with Crippen molar-refractivity contribution >= 4 is 5.69 Å². The summed E-state index contributed by atoms with van der Waals surface area (Å²) < 4.78 is 5.88. The van der Waals surface area contributed by atoms with E-state index in [2.05, 4.69) is 30.8 Å². The Bertz CT molecular complexity index is 526. The Kier molecular flexibility index (Phi) is 6.10. The van der Waals surface area contributed by atoms with Gasteiger partial charge in [-0.2, -0.15) is 0 Å². The Labute approximate surface area is 127 Å². The first kappa shape index (κ1) is 15.4. The lowest BCUT2D eigenvalue weighted by molar-refractivity contribution is 0.286. The Morgan fingerprint density at radius 3 is 2.43 bits per heavy atom. The summed E-state index contributed by atoms with van der Waals surface area (Å²) in [6, 6.07) is 18.2. The van der Waals surface area contributed by atoms with Gasteiger partial charge in [-0.25, -0.2) is 5.43 Å². The Balaban J connectivity index is 1.84. The van der Waals surface area contributed by atoms with Crippen molar-refractivity contribution in [1.82, 2.24) is 5.43 Å². The second kappa shape index (κ2) is 8.32. The lowest BCUT2D eigenvalue weighted by Crippen LogP contribution is -2.21. The van der Waals surface area contributed by atoms with Gasteiger partial charge in [0.15, 0.2) is 0 Å². The summed E-state index contributed by atoms with van der Waals surface area (Å²) >= 11 is 0. The predicted molar refractivity (Wildman–Crippen MR) is 88.3 cm³/mol. The van der Waals surface area contributed by atoms with E-state index in [1.165, 1.54) is 0 Å². The molecule has 21 heavy (non-hydrogen) atoms. The average molecular weight is 284 g/mol. The molecular formula is C18H24N2O. The second-order valence-corrected chi connectivity index (χ2v) is 5.48. The molecule has 2 N–H and O–H groups in total. The fourth-order valence-electron chi connectivity index (χ4n) is 1.96. The maximum absolute atomic E-state index is 5.88. The molecule has 0 spiro atoms. The Morgan fingerprint density at radius 2 is 1.67 bits per heavy atom. The van der Waals surface area contributed by atoms with Crippen molar-refractivity contribution in [2.45, 2.75) is 26.8 Å². The Hall–Kier alpha value is -2.00. The predicted octanol–water partition coefficient (Wildman–Crippen LogP) is 4.23. The number of hydrogen-bond acceptors (Lipinski definition) is 3. The zero-order valence-corrected chi connectivity index (χ0v) is 12.8. The summed E-state index contributed by atoms with van der Waals surface area (Å²) in [5.74, 6) is 1.62. The molecule has 2 aromatic carbocycles. The van der Waals surface area contributed by atoms with Crippen LogP contribution in [-0.4, -0.2) is 6.61 Å². The molecule has 3 nitrogen and oxygen atoms in total. The van der Waals surface area contributed by atoms with E-state index in [4.69, 9.17) is 4.74 Å². The van der Waals surface area contributed by atoms with Crippen LogP contribution in [-0.2, 0) is 6.54 Å². The van der Waals surface area contributed by atoms with E-state index in [1.807, 2.05) is 48.5 Å². The van der Waals surface area contributed by atoms with Crippen LogP contribution >= 0.6 is 0 Å². The molecule has 0 aliphatic carbocycles. The van der Waals surface area contributed by atoms with Gasteiger partial charge in [0.1, 0.15) is 5.75 Å². The van der Waals surface area contributed by atoms with Crippen molar-refractivity contribution < 1.29 is 4.74 Å². The minimum absolute atomic E-state index is 0.662. The van der Waals surface area contributed by atoms with Crippen LogP contribution in [0.25, 0.3) is 0 Å². The molecule has 3 heteroatoms. The van der Waals surface area contributed by atoms with Crippen LogP contribution in [0.1, 0.15) is 25.8 Å². The van der Waals surface area contributed by atoms with Gasteiger partial charge >= 0.3 is 0 Å². The van der Waals surface area contributed by atoms with E-state index in [9.17, 15) is 0 Å². The van der Waals surface area contributed by atoms with Crippen LogP contribution in [0.3, 0.4) is 0 Å². The number of para-hydroxylation sites is 2. The molecule has 0 radical (unpaired) electrons. The van der Waals surface area contributed by atoms with Crippen molar-refractivity contribution in [3.05, 3.63) is 60.2 Å². The summed E-state index contributed by atoms with van der Waals surface area (Å²) in [7, 11) is 0. The van der Waals surface area contributed by atoms with Crippen LogP contribution in [0.15, 0.2) is 54.6 Å². The largest absolute Gasteiger partial charge is 0.493 e. The molecule has 2 aromatic rings. The van der Waals surface area contributed by atoms with Crippen molar-refractivity contribution in [3.63, 3.8) is 0 Å². The number of benzene rings is 2. The van der Waals surface area contributed by atoms with Gasteiger partial charge in [0.05, 0.1) is 6.61 Å². The standard InChI is InChI=1S/C18H24N2O/c1-15(2)12-13-21-18-11-7-6-8-16(18)14-19-20-17-9-4-3-5-10-17/h3-11,15,19-20H,12-14H2,1-2H3. The van der Waals surface area contributed by atoms with Crippen LogP contribution < -0.4 is 15.6 Å². The van der Waals surface area contributed by atoms with Gasteiger partial charge in [0.25, 0.3) is 0 Å².